The molecule has 3 aromatic rings. The summed E-state index contributed by atoms with van der Waals surface area (Å²) in [6.45, 7) is 2.11. The van der Waals surface area contributed by atoms with Crippen molar-refractivity contribution < 1.29 is 9.59 Å². The first-order valence-corrected chi connectivity index (χ1v) is 9.96. The van der Waals surface area contributed by atoms with E-state index in [1.54, 1.807) is 7.05 Å². The number of carbonyl (C=O) groups is 2. The van der Waals surface area contributed by atoms with Gasteiger partial charge in [0.05, 0.1) is 19.1 Å². The van der Waals surface area contributed by atoms with E-state index in [1.807, 2.05) is 91.9 Å². The lowest BCUT2D eigenvalue weighted by Gasteiger charge is -2.22. The van der Waals surface area contributed by atoms with Gasteiger partial charge < -0.3 is 10.2 Å². The molecule has 0 aliphatic carbocycles. The van der Waals surface area contributed by atoms with Gasteiger partial charge in [-0.2, -0.15) is 0 Å². The summed E-state index contributed by atoms with van der Waals surface area (Å²) in [6, 6.07) is 27.5. The summed E-state index contributed by atoms with van der Waals surface area (Å²) in [5.74, 6) is -0.372. The first-order chi connectivity index (χ1) is 14.5. The van der Waals surface area contributed by atoms with E-state index in [2.05, 4.69) is 10.6 Å². The van der Waals surface area contributed by atoms with Gasteiger partial charge in [0.2, 0.25) is 11.8 Å². The summed E-state index contributed by atoms with van der Waals surface area (Å²) in [4.78, 5) is 26.3. The summed E-state index contributed by atoms with van der Waals surface area (Å²) >= 11 is 0. The molecule has 0 aromatic heterocycles. The third-order valence-corrected chi connectivity index (χ3v) is 4.87. The van der Waals surface area contributed by atoms with Gasteiger partial charge in [-0.1, -0.05) is 78.4 Å². The van der Waals surface area contributed by atoms with Crippen molar-refractivity contribution in [3.05, 3.63) is 102 Å². The third kappa shape index (κ3) is 6.03. The van der Waals surface area contributed by atoms with Crippen LogP contribution in [0.2, 0.25) is 0 Å². The van der Waals surface area contributed by atoms with Gasteiger partial charge in [-0.15, -0.1) is 0 Å². The zero-order chi connectivity index (χ0) is 21.3. The molecule has 5 heteroatoms. The average molecular weight is 402 g/mol. The monoisotopic (exact) mass is 401 g/mol. The number of likely N-dealkylation sites (N-methyl/N-ethyl adjacent to an activating group) is 1. The number of hydrogen-bond acceptors (Lipinski definition) is 3. The molecule has 3 aromatic carbocycles. The maximum absolute atomic E-state index is 12.6. The van der Waals surface area contributed by atoms with E-state index >= 15 is 0 Å². The molecule has 0 radical (unpaired) electrons. The molecule has 0 bridgehead atoms. The highest BCUT2D eigenvalue weighted by Crippen LogP contribution is 2.21. The summed E-state index contributed by atoms with van der Waals surface area (Å²) in [5.41, 5.74) is 4.00. The SMILES string of the molecule is Cc1ccc(NC(=O)CN(C)C(=O)CNC(c2ccccc2)c2ccccc2)cc1. The highest BCUT2D eigenvalue weighted by molar-refractivity contribution is 5.94. The molecular formula is C25H27N3O2. The standard InChI is InChI=1S/C25H27N3O2/c1-19-13-15-22(16-14-19)27-23(29)18-28(2)24(30)17-26-25(20-9-5-3-6-10-20)21-11-7-4-8-12-21/h3-16,25-26H,17-18H2,1-2H3,(H,27,29). The fraction of sp³-hybridized carbons (Fsp3) is 0.200. The van der Waals surface area contributed by atoms with Crippen LogP contribution in [0.15, 0.2) is 84.9 Å². The van der Waals surface area contributed by atoms with Crippen LogP contribution in [-0.2, 0) is 9.59 Å². The maximum atomic E-state index is 12.6. The molecular weight excluding hydrogens is 374 g/mol. The molecule has 3 rings (SSSR count). The van der Waals surface area contributed by atoms with Crippen molar-refractivity contribution in [2.24, 2.45) is 0 Å². The van der Waals surface area contributed by atoms with E-state index in [0.717, 1.165) is 22.4 Å². The molecule has 0 aliphatic rings. The van der Waals surface area contributed by atoms with E-state index in [4.69, 9.17) is 0 Å². The van der Waals surface area contributed by atoms with Crippen LogP contribution in [0.3, 0.4) is 0 Å². The first-order valence-electron chi connectivity index (χ1n) is 9.96. The minimum Gasteiger partial charge on any atom is -0.335 e. The van der Waals surface area contributed by atoms with Crippen LogP contribution in [0.25, 0.3) is 0 Å². The number of nitrogens with zero attached hydrogens (tertiary/aromatic N) is 1. The van der Waals surface area contributed by atoms with Crippen LogP contribution in [0.1, 0.15) is 22.7 Å². The minimum absolute atomic E-state index is 0.00424. The highest BCUT2D eigenvalue weighted by Gasteiger charge is 2.18. The zero-order valence-electron chi connectivity index (χ0n) is 17.3. The fourth-order valence-corrected chi connectivity index (χ4v) is 3.18. The number of anilines is 1. The van der Waals surface area contributed by atoms with Crippen molar-refractivity contribution in [3.8, 4) is 0 Å². The van der Waals surface area contributed by atoms with Crippen LogP contribution < -0.4 is 10.6 Å². The second-order valence-corrected chi connectivity index (χ2v) is 7.30. The van der Waals surface area contributed by atoms with Crippen molar-refractivity contribution in [2.75, 3.05) is 25.5 Å². The Balaban J connectivity index is 1.58. The van der Waals surface area contributed by atoms with Gasteiger partial charge in [-0.05, 0) is 30.2 Å². The smallest absolute Gasteiger partial charge is 0.243 e. The Kier molecular flexibility index (Phi) is 7.35. The summed E-state index contributed by atoms with van der Waals surface area (Å²) in [5, 5.41) is 6.16. The Bertz CT molecular complexity index is 917. The van der Waals surface area contributed by atoms with E-state index in [1.165, 1.54) is 4.90 Å². The normalized spacial score (nSPS) is 10.6. The zero-order valence-corrected chi connectivity index (χ0v) is 17.3. The van der Waals surface area contributed by atoms with Crippen molar-refractivity contribution in [2.45, 2.75) is 13.0 Å². The molecule has 0 fully saturated rings. The minimum atomic E-state index is -0.225. The fourth-order valence-electron chi connectivity index (χ4n) is 3.18. The largest absolute Gasteiger partial charge is 0.335 e. The topological polar surface area (TPSA) is 61.4 Å². The Labute approximate surface area is 177 Å². The number of hydrogen-bond donors (Lipinski definition) is 2. The molecule has 0 saturated heterocycles. The molecule has 5 nitrogen and oxygen atoms in total. The second kappa shape index (κ2) is 10.4. The second-order valence-electron chi connectivity index (χ2n) is 7.30. The Morgan fingerprint density at radius 3 is 1.90 bits per heavy atom. The van der Waals surface area contributed by atoms with Crippen LogP contribution in [0, 0.1) is 6.92 Å². The van der Waals surface area contributed by atoms with Gasteiger partial charge in [-0.3, -0.25) is 14.9 Å². The van der Waals surface area contributed by atoms with E-state index in [0.29, 0.717) is 0 Å². The molecule has 154 valence electrons. The molecule has 2 N–H and O–H groups in total. The molecule has 0 spiro atoms. The number of rotatable bonds is 8. The third-order valence-electron chi connectivity index (χ3n) is 4.87. The predicted octanol–water partition coefficient (Wildman–Crippen LogP) is 3.77. The highest BCUT2D eigenvalue weighted by atomic mass is 16.2. The maximum Gasteiger partial charge on any atom is 0.243 e. The number of carbonyl (C=O) groups excluding carboxylic acids is 2. The quantitative estimate of drug-likeness (QED) is 0.604. The number of nitrogens with one attached hydrogen (secondary N) is 2. The lowest BCUT2D eigenvalue weighted by Crippen LogP contribution is -2.41. The van der Waals surface area contributed by atoms with Crippen LogP contribution in [0.4, 0.5) is 5.69 Å². The number of amides is 2. The number of benzene rings is 3. The van der Waals surface area contributed by atoms with E-state index < -0.39 is 0 Å². The average Bonchev–Trinajstić information content (AvgIpc) is 2.77. The molecule has 0 atom stereocenters. The lowest BCUT2D eigenvalue weighted by molar-refractivity contribution is -0.132. The van der Waals surface area contributed by atoms with Gasteiger partial charge in [0, 0.05) is 12.7 Å². The van der Waals surface area contributed by atoms with Gasteiger partial charge in [0.15, 0.2) is 0 Å². The van der Waals surface area contributed by atoms with Crippen molar-refractivity contribution in [3.63, 3.8) is 0 Å². The predicted molar refractivity (Wildman–Crippen MR) is 120 cm³/mol. The van der Waals surface area contributed by atoms with Crippen molar-refractivity contribution >= 4 is 17.5 Å². The van der Waals surface area contributed by atoms with Gasteiger partial charge in [0.25, 0.3) is 0 Å². The molecule has 0 heterocycles. The van der Waals surface area contributed by atoms with Crippen molar-refractivity contribution in [1.82, 2.24) is 10.2 Å². The molecule has 0 unspecified atom stereocenters. The van der Waals surface area contributed by atoms with Crippen LogP contribution in [-0.4, -0.2) is 36.9 Å². The van der Waals surface area contributed by atoms with E-state index in [-0.39, 0.29) is 30.9 Å². The molecule has 0 aliphatic heterocycles. The summed E-state index contributed by atoms with van der Waals surface area (Å²) < 4.78 is 0. The van der Waals surface area contributed by atoms with Gasteiger partial charge in [-0.25, -0.2) is 0 Å². The summed E-state index contributed by atoms with van der Waals surface area (Å²) in [7, 11) is 1.64. The lowest BCUT2D eigenvalue weighted by atomic mass is 9.99. The Hall–Kier alpha value is -3.44. The van der Waals surface area contributed by atoms with E-state index in [9.17, 15) is 9.59 Å². The van der Waals surface area contributed by atoms with Crippen molar-refractivity contribution in [1.29, 1.82) is 0 Å². The van der Waals surface area contributed by atoms with Crippen LogP contribution in [0.5, 0.6) is 0 Å². The number of aryl methyl sites for hydroxylation is 1. The van der Waals surface area contributed by atoms with Gasteiger partial charge >= 0.3 is 0 Å². The molecule has 30 heavy (non-hydrogen) atoms. The Morgan fingerprint density at radius 1 is 0.833 bits per heavy atom. The molecule has 2 amide bonds. The van der Waals surface area contributed by atoms with Gasteiger partial charge in [0.1, 0.15) is 0 Å². The first kappa shape index (κ1) is 21.3. The Morgan fingerprint density at radius 2 is 1.37 bits per heavy atom. The summed E-state index contributed by atoms with van der Waals surface area (Å²) in [6.07, 6.45) is 0. The molecule has 0 saturated carbocycles. The van der Waals surface area contributed by atoms with Crippen LogP contribution >= 0.6 is 0 Å².